The van der Waals surface area contributed by atoms with Crippen LogP contribution in [0.4, 0.5) is 4.79 Å². The molecule has 2 aromatic rings. The van der Waals surface area contributed by atoms with Gasteiger partial charge in [0, 0.05) is 3.57 Å². The van der Waals surface area contributed by atoms with Gasteiger partial charge in [-0.15, -0.1) is 0 Å². The van der Waals surface area contributed by atoms with E-state index in [0.29, 0.717) is 10.7 Å². The second-order valence-electron chi connectivity index (χ2n) is 5.29. The number of benzene rings is 2. The first-order valence-electron chi connectivity index (χ1n) is 7.31. The molecule has 1 aliphatic rings. The molecule has 4 nitrogen and oxygen atoms in total. The van der Waals surface area contributed by atoms with Crippen molar-refractivity contribution in [1.82, 2.24) is 4.90 Å². The Morgan fingerprint density at radius 2 is 1.92 bits per heavy atom. The molecule has 0 unspecified atom stereocenters. The molecule has 1 fully saturated rings. The SMILES string of the molecule is COc1ccc(/C=C2\SC(=O)N(Cc3ccc(I)cc3)C2=O)cc1Br. The monoisotopic (exact) mass is 529 g/mol. The summed E-state index contributed by atoms with van der Waals surface area (Å²) in [5, 5.41) is -0.248. The Kier molecular flexibility index (Phi) is 5.85. The van der Waals surface area contributed by atoms with Gasteiger partial charge in [-0.25, -0.2) is 0 Å². The number of hydrogen-bond acceptors (Lipinski definition) is 4. The molecule has 0 aromatic heterocycles. The van der Waals surface area contributed by atoms with E-state index in [1.165, 1.54) is 4.90 Å². The van der Waals surface area contributed by atoms with Crippen LogP contribution in [0, 0.1) is 3.57 Å². The normalized spacial score (nSPS) is 16.0. The third-order valence-corrected chi connectivity index (χ3v) is 5.85. The van der Waals surface area contributed by atoms with Crippen LogP contribution in [0.2, 0.25) is 0 Å². The molecule has 0 radical (unpaired) electrons. The molecule has 128 valence electrons. The Hall–Kier alpha value is -1.32. The van der Waals surface area contributed by atoms with Crippen molar-refractivity contribution in [3.63, 3.8) is 0 Å². The number of nitrogens with zero attached hydrogens (tertiary/aromatic N) is 1. The van der Waals surface area contributed by atoms with Gasteiger partial charge in [0.2, 0.25) is 0 Å². The van der Waals surface area contributed by atoms with E-state index in [1.807, 2.05) is 42.5 Å². The molecule has 7 heteroatoms. The van der Waals surface area contributed by atoms with Crippen molar-refractivity contribution in [3.8, 4) is 5.75 Å². The van der Waals surface area contributed by atoms with Gasteiger partial charge < -0.3 is 4.74 Å². The first kappa shape index (κ1) is 18.5. The number of ether oxygens (including phenoxy) is 1. The molecule has 0 saturated carbocycles. The second kappa shape index (κ2) is 7.92. The summed E-state index contributed by atoms with van der Waals surface area (Å²) in [6.45, 7) is 0.283. The fraction of sp³-hybridized carbons (Fsp3) is 0.111. The number of thioether (sulfide) groups is 1. The van der Waals surface area contributed by atoms with E-state index in [4.69, 9.17) is 4.74 Å². The van der Waals surface area contributed by atoms with Crippen LogP contribution < -0.4 is 4.74 Å². The molecule has 2 amide bonds. The zero-order valence-corrected chi connectivity index (χ0v) is 17.7. The molecule has 0 spiro atoms. The molecule has 1 heterocycles. The number of methoxy groups -OCH3 is 1. The lowest BCUT2D eigenvalue weighted by molar-refractivity contribution is -0.123. The number of hydrogen-bond donors (Lipinski definition) is 0. The molecule has 25 heavy (non-hydrogen) atoms. The average Bonchev–Trinajstić information content (AvgIpc) is 2.84. The van der Waals surface area contributed by atoms with Crippen LogP contribution in [0.3, 0.4) is 0 Å². The lowest BCUT2D eigenvalue weighted by Gasteiger charge is -2.12. The molecule has 2 aromatic carbocycles. The summed E-state index contributed by atoms with van der Waals surface area (Å²) in [4.78, 5) is 26.5. The van der Waals surface area contributed by atoms with E-state index < -0.39 is 0 Å². The zero-order valence-electron chi connectivity index (χ0n) is 13.2. The van der Waals surface area contributed by atoms with E-state index in [2.05, 4.69) is 38.5 Å². The third-order valence-electron chi connectivity index (χ3n) is 3.60. The van der Waals surface area contributed by atoms with Crippen molar-refractivity contribution in [2.24, 2.45) is 0 Å². The summed E-state index contributed by atoms with van der Waals surface area (Å²) in [6, 6.07) is 13.3. The van der Waals surface area contributed by atoms with Crippen molar-refractivity contribution in [1.29, 1.82) is 0 Å². The van der Waals surface area contributed by atoms with Gasteiger partial charge >= 0.3 is 0 Å². The predicted octanol–water partition coefficient (Wildman–Crippen LogP) is 5.30. The van der Waals surface area contributed by atoms with Crippen molar-refractivity contribution in [3.05, 3.63) is 66.5 Å². The van der Waals surface area contributed by atoms with Crippen molar-refractivity contribution >= 4 is 67.5 Å². The van der Waals surface area contributed by atoms with E-state index in [9.17, 15) is 9.59 Å². The molecule has 0 aliphatic carbocycles. The zero-order chi connectivity index (χ0) is 18.0. The highest BCUT2D eigenvalue weighted by atomic mass is 127. The second-order valence-corrected chi connectivity index (χ2v) is 8.38. The molecule has 0 N–H and O–H groups in total. The van der Waals surface area contributed by atoms with Gasteiger partial charge in [-0.1, -0.05) is 18.2 Å². The van der Waals surface area contributed by atoms with Gasteiger partial charge in [0.1, 0.15) is 5.75 Å². The quantitative estimate of drug-likeness (QED) is 0.398. The Balaban J connectivity index is 1.80. The number of halogens is 2. The van der Waals surface area contributed by atoms with Crippen LogP contribution >= 0.6 is 50.3 Å². The van der Waals surface area contributed by atoms with E-state index in [-0.39, 0.29) is 17.7 Å². The highest BCUT2D eigenvalue weighted by Crippen LogP contribution is 2.34. The molecular formula is C18H13BrINO3S. The van der Waals surface area contributed by atoms with Gasteiger partial charge in [-0.05, 0) is 91.8 Å². The highest BCUT2D eigenvalue weighted by molar-refractivity contribution is 14.1. The molecule has 1 saturated heterocycles. The number of carbonyl (C=O) groups is 2. The first-order valence-corrected chi connectivity index (χ1v) is 10.00. The Labute approximate surface area is 171 Å². The molecule has 0 bridgehead atoms. The van der Waals surface area contributed by atoms with Crippen molar-refractivity contribution in [2.45, 2.75) is 6.54 Å². The highest BCUT2D eigenvalue weighted by Gasteiger charge is 2.34. The van der Waals surface area contributed by atoms with Crippen LogP contribution in [0.15, 0.2) is 51.8 Å². The van der Waals surface area contributed by atoms with Gasteiger partial charge in [0.25, 0.3) is 11.1 Å². The summed E-state index contributed by atoms with van der Waals surface area (Å²) < 4.78 is 7.10. The van der Waals surface area contributed by atoms with Crippen molar-refractivity contribution in [2.75, 3.05) is 7.11 Å². The van der Waals surface area contributed by atoms with Crippen LogP contribution in [-0.4, -0.2) is 23.2 Å². The minimum Gasteiger partial charge on any atom is -0.496 e. The summed E-state index contributed by atoms with van der Waals surface area (Å²) in [5.74, 6) is 0.449. The molecule has 1 aliphatic heterocycles. The summed E-state index contributed by atoms with van der Waals surface area (Å²) >= 11 is 6.61. The van der Waals surface area contributed by atoms with Crippen LogP contribution in [0.5, 0.6) is 5.75 Å². The van der Waals surface area contributed by atoms with Crippen molar-refractivity contribution < 1.29 is 14.3 Å². The predicted molar refractivity (Wildman–Crippen MR) is 111 cm³/mol. The maximum Gasteiger partial charge on any atom is 0.293 e. The largest absolute Gasteiger partial charge is 0.496 e. The Morgan fingerprint density at radius 3 is 2.56 bits per heavy atom. The van der Waals surface area contributed by atoms with Gasteiger partial charge in [-0.2, -0.15) is 0 Å². The lowest BCUT2D eigenvalue weighted by Crippen LogP contribution is -2.27. The molecule has 0 atom stereocenters. The summed E-state index contributed by atoms with van der Waals surface area (Å²) in [5.41, 5.74) is 1.75. The lowest BCUT2D eigenvalue weighted by atomic mass is 10.2. The first-order chi connectivity index (χ1) is 12.0. The Bertz CT molecular complexity index is 867. The number of carbonyl (C=O) groups excluding carboxylic acids is 2. The smallest absolute Gasteiger partial charge is 0.293 e. The van der Waals surface area contributed by atoms with Crippen LogP contribution in [-0.2, 0) is 11.3 Å². The van der Waals surface area contributed by atoms with Crippen LogP contribution in [0.25, 0.3) is 6.08 Å². The van der Waals surface area contributed by atoms with E-state index >= 15 is 0 Å². The third kappa shape index (κ3) is 4.27. The molecular weight excluding hydrogens is 517 g/mol. The van der Waals surface area contributed by atoms with E-state index in [0.717, 1.165) is 30.9 Å². The van der Waals surface area contributed by atoms with Crippen LogP contribution in [0.1, 0.15) is 11.1 Å². The topological polar surface area (TPSA) is 46.6 Å². The average molecular weight is 530 g/mol. The number of imide groups is 1. The van der Waals surface area contributed by atoms with E-state index in [1.54, 1.807) is 13.2 Å². The fourth-order valence-electron chi connectivity index (χ4n) is 2.33. The van der Waals surface area contributed by atoms with Gasteiger partial charge in [0.15, 0.2) is 0 Å². The summed E-state index contributed by atoms with van der Waals surface area (Å²) in [6.07, 6.45) is 1.73. The maximum atomic E-state index is 12.6. The minimum atomic E-state index is -0.263. The molecule has 3 rings (SSSR count). The van der Waals surface area contributed by atoms with Gasteiger partial charge in [0.05, 0.1) is 23.0 Å². The Morgan fingerprint density at radius 1 is 1.20 bits per heavy atom. The number of rotatable bonds is 4. The summed E-state index contributed by atoms with van der Waals surface area (Å²) in [7, 11) is 1.59. The maximum absolute atomic E-state index is 12.6. The number of amides is 2. The standard InChI is InChI=1S/C18H13BrINO3S/c1-24-15-7-4-12(8-14(15)19)9-16-17(22)21(18(23)25-16)10-11-2-5-13(20)6-3-11/h2-9H,10H2,1H3/b16-9-. The van der Waals surface area contributed by atoms with Gasteiger partial charge in [-0.3, -0.25) is 14.5 Å². The minimum absolute atomic E-state index is 0.248. The fourth-order valence-corrected chi connectivity index (χ4v) is 4.09.